The van der Waals surface area contributed by atoms with E-state index in [1.54, 1.807) is 38.2 Å². The van der Waals surface area contributed by atoms with Gasteiger partial charge in [-0.05, 0) is 32.0 Å². The van der Waals surface area contributed by atoms with Crippen LogP contribution in [0.5, 0.6) is 0 Å². The summed E-state index contributed by atoms with van der Waals surface area (Å²) in [4.78, 5) is 16.2. The summed E-state index contributed by atoms with van der Waals surface area (Å²) in [5, 5.41) is 17.7. The lowest BCUT2D eigenvalue weighted by atomic mass is 10.1. The zero-order valence-electron chi connectivity index (χ0n) is 11.4. The number of nitrogens with one attached hydrogen (secondary N) is 2. The first kappa shape index (κ1) is 14.5. The van der Waals surface area contributed by atoms with Gasteiger partial charge in [0, 0.05) is 22.8 Å². The number of aromatic nitrogens is 1. The Morgan fingerprint density at radius 3 is 2.90 bits per heavy atom. The third kappa shape index (κ3) is 3.79. The molecule has 0 unspecified atom stereocenters. The molecule has 0 aliphatic carbocycles. The van der Waals surface area contributed by atoms with E-state index in [0.717, 1.165) is 10.8 Å². The second kappa shape index (κ2) is 6.02. The summed E-state index contributed by atoms with van der Waals surface area (Å²) in [5.41, 5.74) is 0.693. The van der Waals surface area contributed by atoms with Crippen molar-refractivity contribution in [3.8, 4) is 0 Å². The van der Waals surface area contributed by atoms with Gasteiger partial charge in [-0.3, -0.25) is 4.79 Å². The van der Waals surface area contributed by atoms with E-state index in [1.165, 1.54) is 11.3 Å². The number of thiazole rings is 1. The van der Waals surface area contributed by atoms with Gasteiger partial charge in [0.15, 0.2) is 5.13 Å². The summed E-state index contributed by atoms with van der Waals surface area (Å²) in [7, 11) is 0. The highest BCUT2D eigenvalue weighted by Crippen LogP contribution is 2.19. The Morgan fingerprint density at radius 1 is 1.45 bits per heavy atom. The molecule has 2 rings (SSSR count). The van der Waals surface area contributed by atoms with Gasteiger partial charge < -0.3 is 15.7 Å². The Hall–Kier alpha value is -1.92. The smallest absolute Gasteiger partial charge is 0.251 e. The summed E-state index contributed by atoms with van der Waals surface area (Å²) >= 11 is 1.49. The van der Waals surface area contributed by atoms with Crippen molar-refractivity contribution >= 4 is 28.1 Å². The van der Waals surface area contributed by atoms with Crippen LogP contribution in [0, 0.1) is 0 Å². The van der Waals surface area contributed by atoms with Gasteiger partial charge in [0.05, 0.1) is 12.1 Å². The number of hydrogen-bond donors (Lipinski definition) is 3. The fourth-order valence-electron chi connectivity index (χ4n) is 1.57. The lowest BCUT2D eigenvalue weighted by Crippen LogP contribution is -2.46. The maximum atomic E-state index is 12.1. The molecule has 3 N–H and O–H groups in total. The first-order chi connectivity index (χ1) is 9.50. The average Bonchev–Trinajstić information content (AvgIpc) is 2.91. The number of anilines is 2. The predicted molar refractivity (Wildman–Crippen MR) is 80.5 cm³/mol. The Bertz CT molecular complexity index is 582. The van der Waals surface area contributed by atoms with Crippen LogP contribution in [0.3, 0.4) is 0 Å². The van der Waals surface area contributed by atoms with Crippen molar-refractivity contribution in [2.45, 2.75) is 19.4 Å². The van der Waals surface area contributed by atoms with Gasteiger partial charge in [0.25, 0.3) is 5.91 Å². The molecule has 20 heavy (non-hydrogen) atoms. The molecular formula is C14H17N3O2S. The zero-order valence-corrected chi connectivity index (χ0v) is 12.2. The van der Waals surface area contributed by atoms with E-state index in [9.17, 15) is 9.90 Å². The van der Waals surface area contributed by atoms with Crippen LogP contribution in [0.25, 0.3) is 0 Å². The van der Waals surface area contributed by atoms with Gasteiger partial charge in [-0.1, -0.05) is 6.07 Å². The summed E-state index contributed by atoms with van der Waals surface area (Å²) in [6, 6.07) is 7.16. The molecule has 0 radical (unpaired) electrons. The maximum absolute atomic E-state index is 12.1. The molecule has 0 saturated carbocycles. The van der Waals surface area contributed by atoms with Crippen LogP contribution in [0.1, 0.15) is 24.2 Å². The first-order valence-corrected chi connectivity index (χ1v) is 7.08. The van der Waals surface area contributed by atoms with E-state index in [2.05, 4.69) is 15.6 Å². The minimum Gasteiger partial charge on any atom is -0.394 e. The van der Waals surface area contributed by atoms with Crippen LogP contribution in [-0.4, -0.2) is 28.1 Å². The third-order valence-electron chi connectivity index (χ3n) is 2.66. The van der Waals surface area contributed by atoms with Crippen LogP contribution in [0.4, 0.5) is 10.8 Å². The summed E-state index contributed by atoms with van der Waals surface area (Å²) in [6.45, 7) is 3.42. The highest BCUT2D eigenvalue weighted by atomic mass is 32.1. The second-order valence-corrected chi connectivity index (χ2v) is 5.93. The number of rotatable bonds is 5. The molecule has 6 heteroatoms. The Labute approximate surface area is 121 Å². The van der Waals surface area contributed by atoms with E-state index in [-0.39, 0.29) is 12.5 Å². The molecule has 0 bridgehead atoms. The Kier molecular flexibility index (Phi) is 4.36. The van der Waals surface area contributed by atoms with Gasteiger partial charge in [0.1, 0.15) is 0 Å². The monoisotopic (exact) mass is 291 g/mol. The van der Waals surface area contributed by atoms with Gasteiger partial charge in [-0.15, -0.1) is 11.3 Å². The second-order valence-electron chi connectivity index (χ2n) is 5.04. The quantitative estimate of drug-likeness (QED) is 0.791. The molecule has 0 fully saturated rings. The topological polar surface area (TPSA) is 74.2 Å². The minimum absolute atomic E-state index is 0.115. The number of benzene rings is 1. The van der Waals surface area contributed by atoms with E-state index >= 15 is 0 Å². The van der Waals surface area contributed by atoms with Crippen LogP contribution in [0.2, 0.25) is 0 Å². The van der Waals surface area contributed by atoms with Crippen molar-refractivity contribution in [1.82, 2.24) is 10.3 Å². The van der Waals surface area contributed by atoms with Gasteiger partial charge in [-0.25, -0.2) is 4.98 Å². The largest absolute Gasteiger partial charge is 0.394 e. The molecule has 106 valence electrons. The Morgan fingerprint density at radius 2 is 2.25 bits per heavy atom. The normalized spacial score (nSPS) is 11.2. The molecule has 0 aliphatic rings. The summed E-state index contributed by atoms with van der Waals surface area (Å²) < 4.78 is 0. The summed E-state index contributed by atoms with van der Waals surface area (Å²) in [5.74, 6) is -0.216. The molecule has 0 saturated heterocycles. The van der Waals surface area contributed by atoms with Gasteiger partial charge in [0.2, 0.25) is 0 Å². The number of aliphatic hydroxyl groups is 1. The molecule has 1 heterocycles. The van der Waals surface area contributed by atoms with Crippen molar-refractivity contribution < 1.29 is 9.90 Å². The Balaban J connectivity index is 2.11. The van der Waals surface area contributed by atoms with E-state index in [4.69, 9.17) is 0 Å². The van der Waals surface area contributed by atoms with Crippen molar-refractivity contribution in [2.75, 3.05) is 11.9 Å². The minimum atomic E-state index is -0.643. The fourth-order valence-corrected chi connectivity index (χ4v) is 2.11. The zero-order chi connectivity index (χ0) is 14.6. The molecule has 1 amide bonds. The number of nitrogens with zero attached hydrogens (tertiary/aromatic N) is 1. The number of aliphatic hydroxyl groups excluding tert-OH is 1. The molecule has 1 aromatic heterocycles. The molecular weight excluding hydrogens is 274 g/mol. The number of hydrogen-bond acceptors (Lipinski definition) is 5. The van der Waals surface area contributed by atoms with Gasteiger partial charge >= 0.3 is 0 Å². The maximum Gasteiger partial charge on any atom is 0.251 e. The number of carbonyl (C=O) groups is 1. The molecule has 0 spiro atoms. The number of carbonyl (C=O) groups excluding carboxylic acids is 1. The summed E-state index contributed by atoms with van der Waals surface area (Å²) in [6.07, 6.45) is 1.72. The third-order valence-corrected chi connectivity index (χ3v) is 3.34. The molecule has 2 aromatic rings. The van der Waals surface area contributed by atoms with E-state index in [1.807, 2.05) is 11.4 Å². The van der Waals surface area contributed by atoms with E-state index in [0.29, 0.717) is 5.56 Å². The first-order valence-electron chi connectivity index (χ1n) is 6.20. The molecule has 0 atom stereocenters. The van der Waals surface area contributed by atoms with Crippen LogP contribution in [0.15, 0.2) is 35.8 Å². The molecule has 1 aromatic carbocycles. The van der Waals surface area contributed by atoms with Crippen molar-refractivity contribution in [3.05, 3.63) is 41.4 Å². The van der Waals surface area contributed by atoms with Crippen molar-refractivity contribution in [1.29, 1.82) is 0 Å². The molecule has 0 aliphatic heterocycles. The fraction of sp³-hybridized carbons (Fsp3) is 0.286. The molecule has 5 nitrogen and oxygen atoms in total. The highest BCUT2D eigenvalue weighted by Gasteiger charge is 2.20. The average molecular weight is 291 g/mol. The lowest BCUT2D eigenvalue weighted by Gasteiger charge is -2.23. The lowest BCUT2D eigenvalue weighted by molar-refractivity contribution is 0.0869. The van der Waals surface area contributed by atoms with Gasteiger partial charge in [-0.2, -0.15) is 0 Å². The van der Waals surface area contributed by atoms with E-state index < -0.39 is 5.54 Å². The standard InChI is InChI=1S/C14H17N3O2S/c1-14(2,9-18)17-12(19)10-4-3-5-11(8-10)16-13-15-6-7-20-13/h3-8,18H,9H2,1-2H3,(H,15,16)(H,17,19). The van der Waals surface area contributed by atoms with Crippen LogP contribution in [-0.2, 0) is 0 Å². The van der Waals surface area contributed by atoms with Crippen molar-refractivity contribution in [3.63, 3.8) is 0 Å². The van der Waals surface area contributed by atoms with Crippen molar-refractivity contribution in [2.24, 2.45) is 0 Å². The van der Waals surface area contributed by atoms with Crippen LogP contribution < -0.4 is 10.6 Å². The highest BCUT2D eigenvalue weighted by molar-refractivity contribution is 7.13. The number of amides is 1. The van der Waals surface area contributed by atoms with Crippen LogP contribution >= 0.6 is 11.3 Å². The predicted octanol–water partition coefficient (Wildman–Crippen LogP) is 2.39. The SMILES string of the molecule is CC(C)(CO)NC(=O)c1cccc(Nc2nccs2)c1.